The number of hydrogen-bond acceptors (Lipinski definition) is 7. The zero-order chi connectivity index (χ0) is 16.9. The van der Waals surface area contributed by atoms with Crippen molar-refractivity contribution in [2.24, 2.45) is 0 Å². The molecule has 2 heterocycles. The monoisotopic (exact) mass is 361 g/mol. The Balaban J connectivity index is 1.60. The summed E-state index contributed by atoms with van der Waals surface area (Å²) in [4.78, 5) is 27.6. The molecule has 2 aromatic heterocycles. The van der Waals surface area contributed by atoms with E-state index in [1.54, 1.807) is 17.4 Å². The molecule has 3 aromatic rings. The van der Waals surface area contributed by atoms with Crippen molar-refractivity contribution >= 4 is 39.4 Å². The summed E-state index contributed by atoms with van der Waals surface area (Å²) in [7, 11) is 0. The Morgan fingerprint density at radius 3 is 2.83 bits per heavy atom. The van der Waals surface area contributed by atoms with Crippen LogP contribution >= 0.6 is 22.7 Å². The smallest absolute Gasteiger partial charge is 0.310 e. The van der Waals surface area contributed by atoms with Crippen LogP contribution in [-0.4, -0.2) is 22.4 Å². The Morgan fingerprint density at radius 1 is 1.25 bits per heavy atom. The standard InChI is InChI=1S/C15H11N3O4S2/c19-14(8-22-12-5-2-1-4-11(12)18(20)21)17-15-16-10(9-24-15)13-6-3-7-23-13/h1-7,9H,8H2,(H,16,17,19). The van der Waals surface area contributed by atoms with Gasteiger partial charge in [-0.25, -0.2) is 4.98 Å². The van der Waals surface area contributed by atoms with E-state index in [0.29, 0.717) is 5.13 Å². The minimum atomic E-state index is -0.554. The second-order valence-electron chi connectivity index (χ2n) is 4.58. The summed E-state index contributed by atoms with van der Waals surface area (Å²) >= 11 is 2.87. The fraction of sp³-hybridized carbons (Fsp3) is 0.0667. The van der Waals surface area contributed by atoms with Gasteiger partial charge in [-0.1, -0.05) is 18.2 Å². The van der Waals surface area contributed by atoms with Crippen LogP contribution in [0.15, 0.2) is 47.2 Å². The molecule has 0 aliphatic rings. The predicted octanol–water partition coefficient (Wildman–Crippen LogP) is 3.80. The number of carbonyl (C=O) groups excluding carboxylic acids is 1. The molecule has 0 bridgehead atoms. The van der Waals surface area contributed by atoms with Gasteiger partial charge < -0.3 is 4.74 Å². The molecule has 1 aromatic carbocycles. The maximum absolute atomic E-state index is 11.9. The number of hydrogen-bond donors (Lipinski definition) is 1. The molecule has 9 heteroatoms. The number of nitro groups is 1. The highest BCUT2D eigenvalue weighted by atomic mass is 32.1. The zero-order valence-electron chi connectivity index (χ0n) is 12.2. The van der Waals surface area contributed by atoms with E-state index in [-0.39, 0.29) is 18.0 Å². The van der Waals surface area contributed by atoms with Gasteiger partial charge in [-0.15, -0.1) is 22.7 Å². The van der Waals surface area contributed by atoms with Crippen molar-refractivity contribution in [1.82, 2.24) is 4.98 Å². The maximum atomic E-state index is 11.9. The van der Waals surface area contributed by atoms with Crippen molar-refractivity contribution in [1.29, 1.82) is 0 Å². The molecule has 1 amide bonds. The lowest BCUT2D eigenvalue weighted by atomic mass is 10.3. The first-order valence-corrected chi connectivity index (χ1v) is 8.55. The van der Waals surface area contributed by atoms with Crippen LogP contribution in [0.25, 0.3) is 10.6 Å². The van der Waals surface area contributed by atoms with Gasteiger partial charge in [0.2, 0.25) is 0 Å². The summed E-state index contributed by atoms with van der Waals surface area (Å²) in [6.07, 6.45) is 0. The molecular formula is C15H11N3O4S2. The van der Waals surface area contributed by atoms with E-state index in [1.165, 1.54) is 29.5 Å². The fourth-order valence-corrected chi connectivity index (χ4v) is 3.38. The topological polar surface area (TPSA) is 94.4 Å². The van der Waals surface area contributed by atoms with Gasteiger partial charge in [-0.05, 0) is 17.5 Å². The molecule has 0 radical (unpaired) electrons. The number of thiophene rings is 1. The molecule has 0 aliphatic carbocycles. The highest BCUT2D eigenvalue weighted by molar-refractivity contribution is 7.16. The number of rotatable bonds is 6. The molecule has 3 rings (SSSR count). The second-order valence-corrected chi connectivity index (χ2v) is 6.38. The highest BCUT2D eigenvalue weighted by Crippen LogP contribution is 2.28. The predicted molar refractivity (Wildman–Crippen MR) is 92.6 cm³/mol. The summed E-state index contributed by atoms with van der Waals surface area (Å²) in [5.74, 6) is -0.378. The number of para-hydroxylation sites is 2. The number of carbonyl (C=O) groups is 1. The normalized spacial score (nSPS) is 10.3. The molecule has 0 unspecified atom stereocenters. The number of nitro benzene ring substituents is 1. The van der Waals surface area contributed by atoms with Crippen LogP contribution in [0.3, 0.4) is 0 Å². The average molecular weight is 361 g/mol. The number of nitrogens with one attached hydrogen (secondary N) is 1. The molecule has 7 nitrogen and oxygen atoms in total. The Bertz CT molecular complexity index is 861. The first-order chi connectivity index (χ1) is 11.6. The van der Waals surface area contributed by atoms with Gasteiger partial charge in [0.15, 0.2) is 17.5 Å². The third kappa shape index (κ3) is 3.76. The van der Waals surface area contributed by atoms with Gasteiger partial charge in [0.25, 0.3) is 5.91 Å². The van der Waals surface area contributed by atoms with Crippen molar-refractivity contribution in [2.75, 3.05) is 11.9 Å². The molecule has 24 heavy (non-hydrogen) atoms. The van der Waals surface area contributed by atoms with E-state index in [4.69, 9.17) is 4.74 Å². The van der Waals surface area contributed by atoms with E-state index >= 15 is 0 Å². The fourth-order valence-electron chi connectivity index (χ4n) is 1.90. The molecule has 0 spiro atoms. The Kier molecular flexibility index (Phi) is 4.82. The van der Waals surface area contributed by atoms with E-state index in [1.807, 2.05) is 22.9 Å². The zero-order valence-corrected chi connectivity index (χ0v) is 13.8. The van der Waals surface area contributed by atoms with Crippen LogP contribution in [-0.2, 0) is 4.79 Å². The number of aromatic nitrogens is 1. The lowest BCUT2D eigenvalue weighted by Gasteiger charge is -2.06. The first-order valence-electron chi connectivity index (χ1n) is 6.79. The van der Waals surface area contributed by atoms with E-state index in [2.05, 4.69) is 10.3 Å². The molecule has 1 N–H and O–H groups in total. The summed E-state index contributed by atoms with van der Waals surface area (Å²) in [5, 5.41) is 17.8. The van der Waals surface area contributed by atoms with Crippen molar-refractivity contribution in [2.45, 2.75) is 0 Å². The summed E-state index contributed by atoms with van der Waals surface area (Å²) in [6.45, 7) is -0.335. The maximum Gasteiger partial charge on any atom is 0.310 e. The molecule has 122 valence electrons. The van der Waals surface area contributed by atoms with Crippen molar-refractivity contribution in [3.63, 3.8) is 0 Å². The van der Waals surface area contributed by atoms with Crippen LogP contribution in [0.4, 0.5) is 10.8 Å². The van der Waals surface area contributed by atoms with Crippen LogP contribution in [0.2, 0.25) is 0 Å². The third-order valence-corrected chi connectivity index (χ3v) is 4.59. The van der Waals surface area contributed by atoms with Crippen molar-refractivity contribution in [3.8, 4) is 16.3 Å². The quantitative estimate of drug-likeness (QED) is 0.532. The molecule has 0 saturated carbocycles. The number of anilines is 1. The Morgan fingerprint density at radius 2 is 2.08 bits per heavy atom. The number of nitrogens with zero attached hydrogens (tertiary/aromatic N) is 2. The number of benzene rings is 1. The minimum absolute atomic E-state index is 0.0519. The van der Waals surface area contributed by atoms with Gasteiger partial charge in [0.1, 0.15) is 0 Å². The number of amides is 1. The number of ether oxygens (including phenoxy) is 1. The SMILES string of the molecule is O=C(COc1ccccc1[N+](=O)[O-])Nc1nc(-c2cccs2)cs1. The van der Waals surface area contributed by atoms with Gasteiger partial charge in [0, 0.05) is 11.4 Å². The van der Waals surface area contributed by atoms with Gasteiger partial charge >= 0.3 is 5.69 Å². The van der Waals surface area contributed by atoms with Gasteiger partial charge in [0.05, 0.1) is 15.5 Å². The van der Waals surface area contributed by atoms with E-state index in [9.17, 15) is 14.9 Å². The molecule has 0 atom stereocenters. The van der Waals surface area contributed by atoms with Crippen LogP contribution in [0, 0.1) is 10.1 Å². The molecule has 0 aliphatic heterocycles. The molecule has 0 fully saturated rings. The summed E-state index contributed by atoms with van der Waals surface area (Å²) < 4.78 is 5.24. The van der Waals surface area contributed by atoms with Crippen LogP contribution < -0.4 is 10.1 Å². The number of thiazole rings is 1. The van der Waals surface area contributed by atoms with Crippen molar-refractivity contribution < 1.29 is 14.5 Å². The van der Waals surface area contributed by atoms with Crippen molar-refractivity contribution in [3.05, 3.63) is 57.3 Å². The minimum Gasteiger partial charge on any atom is -0.477 e. The van der Waals surface area contributed by atoms with E-state index < -0.39 is 10.8 Å². The lowest BCUT2D eigenvalue weighted by Crippen LogP contribution is -2.20. The van der Waals surface area contributed by atoms with Gasteiger partial charge in [-0.3, -0.25) is 20.2 Å². The average Bonchev–Trinajstić information content (AvgIpc) is 3.24. The first kappa shape index (κ1) is 16.1. The Labute approximate surface area is 144 Å². The lowest BCUT2D eigenvalue weighted by molar-refractivity contribution is -0.385. The molecular weight excluding hydrogens is 350 g/mol. The van der Waals surface area contributed by atoms with Crippen LogP contribution in [0.5, 0.6) is 5.75 Å². The highest BCUT2D eigenvalue weighted by Gasteiger charge is 2.15. The summed E-state index contributed by atoms with van der Waals surface area (Å²) in [6, 6.07) is 9.79. The van der Waals surface area contributed by atoms with Gasteiger partial charge in [-0.2, -0.15) is 0 Å². The largest absolute Gasteiger partial charge is 0.477 e. The summed E-state index contributed by atoms with van der Waals surface area (Å²) in [5.41, 5.74) is 0.615. The third-order valence-electron chi connectivity index (χ3n) is 2.94. The Hall–Kier alpha value is -2.78. The van der Waals surface area contributed by atoms with E-state index in [0.717, 1.165) is 10.6 Å². The second kappa shape index (κ2) is 7.20. The molecule has 0 saturated heterocycles. The van der Waals surface area contributed by atoms with Crippen LogP contribution in [0.1, 0.15) is 0 Å².